The second-order valence-electron chi connectivity index (χ2n) is 5.43. The van der Waals surface area contributed by atoms with Crippen LogP contribution in [-0.2, 0) is 0 Å². The number of nitriles is 1. The molecule has 1 saturated carbocycles. The number of nitrogens with zero attached hydrogens (tertiary/aromatic N) is 2. The SMILES string of the molecule is CC1(CC#N)CCC(N2CC(F)C2)CC1. The van der Waals surface area contributed by atoms with Crippen LogP contribution in [0.15, 0.2) is 0 Å². The first-order valence-electron chi connectivity index (χ1n) is 5.88. The van der Waals surface area contributed by atoms with E-state index in [4.69, 9.17) is 5.26 Å². The zero-order valence-corrected chi connectivity index (χ0v) is 9.38. The molecule has 0 N–H and O–H groups in total. The van der Waals surface area contributed by atoms with Gasteiger partial charge in [0.1, 0.15) is 6.17 Å². The monoisotopic (exact) mass is 210 g/mol. The second kappa shape index (κ2) is 4.09. The first-order valence-corrected chi connectivity index (χ1v) is 5.88. The van der Waals surface area contributed by atoms with Crippen molar-refractivity contribution in [2.75, 3.05) is 13.1 Å². The molecular weight excluding hydrogens is 191 g/mol. The number of alkyl halides is 1. The minimum atomic E-state index is -0.586. The quantitative estimate of drug-likeness (QED) is 0.700. The maximum atomic E-state index is 12.7. The van der Waals surface area contributed by atoms with Crippen LogP contribution in [-0.4, -0.2) is 30.2 Å². The zero-order valence-electron chi connectivity index (χ0n) is 9.38. The molecule has 2 nitrogen and oxygen atoms in total. The number of rotatable bonds is 2. The summed E-state index contributed by atoms with van der Waals surface area (Å²) in [6.45, 7) is 3.49. The van der Waals surface area contributed by atoms with Crippen LogP contribution >= 0.6 is 0 Å². The normalized spacial score (nSPS) is 38.3. The Kier molecular flexibility index (Phi) is 2.97. The summed E-state index contributed by atoms with van der Waals surface area (Å²) >= 11 is 0. The van der Waals surface area contributed by atoms with E-state index in [9.17, 15) is 4.39 Å². The molecule has 2 fully saturated rings. The van der Waals surface area contributed by atoms with Gasteiger partial charge in [-0.15, -0.1) is 0 Å². The lowest BCUT2D eigenvalue weighted by molar-refractivity contribution is -0.00153. The van der Waals surface area contributed by atoms with E-state index in [0.29, 0.717) is 25.6 Å². The lowest BCUT2D eigenvalue weighted by Crippen LogP contribution is -2.54. The van der Waals surface area contributed by atoms with Crippen LogP contribution in [0, 0.1) is 16.7 Å². The fourth-order valence-corrected chi connectivity index (χ4v) is 2.79. The first-order chi connectivity index (χ1) is 7.13. The molecule has 0 aromatic heterocycles. The smallest absolute Gasteiger partial charge is 0.125 e. The Labute approximate surface area is 91.1 Å². The molecule has 1 aliphatic heterocycles. The largest absolute Gasteiger partial charge is 0.295 e. The highest BCUT2D eigenvalue weighted by Gasteiger charge is 2.37. The van der Waals surface area contributed by atoms with Gasteiger partial charge in [-0.05, 0) is 31.1 Å². The minimum absolute atomic E-state index is 0.227. The zero-order chi connectivity index (χ0) is 10.9. The third-order valence-electron chi connectivity index (χ3n) is 4.05. The summed E-state index contributed by atoms with van der Waals surface area (Å²) in [5.41, 5.74) is 0.227. The molecular formula is C12H19FN2. The number of likely N-dealkylation sites (tertiary alicyclic amines) is 1. The highest BCUT2D eigenvalue weighted by molar-refractivity contribution is 4.94. The predicted molar refractivity (Wildman–Crippen MR) is 57.1 cm³/mol. The fraction of sp³-hybridized carbons (Fsp3) is 0.917. The minimum Gasteiger partial charge on any atom is -0.295 e. The van der Waals surface area contributed by atoms with Crippen molar-refractivity contribution in [2.45, 2.75) is 51.2 Å². The number of halogens is 1. The molecule has 0 aromatic rings. The molecule has 2 aliphatic rings. The van der Waals surface area contributed by atoms with E-state index >= 15 is 0 Å². The molecule has 84 valence electrons. The third kappa shape index (κ3) is 2.31. The third-order valence-corrected chi connectivity index (χ3v) is 4.05. The van der Waals surface area contributed by atoms with Crippen LogP contribution in [0.1, 0.15) is 39.0 Å². The highest BCUT2D eigenvalue weighted by atomic mass is 19.1. The van der Waals surface area contributed by atoms with Crippen molar-refractivity contribution in [3.63, 3.8) is 0 Å². The van der Waals surface area contributed by atoms with Crippen molar-refractivity contribution in [2.24, 2.45) is 5.41 Å². The summed E-state index contributed by atoms with van der Waals surface area (Å²) in [7, 11) is 0. The van der Waals surface area contributed by atoms with Crippen molar-refractivity contribution in [3.8, 4) is 6.07 Å². The van der Waals surface area contributed by atoms with Crippen molar-refractivity contribution in [3.05, 3.63) is 0 Å². The molecule has 2 rings (SSSR count). The molecule has 0 unspecified atom stereocenters. The van der Waals surface area contributed by atoms with Gasteiger partial charge in [-0.2, -0.15) is 5.26 Å². The molecule has 3 heteroatoms. The Morgan fingerprint density at radius 3 is 2.47 bits per heavy atom. The summed E-state index contributed by atoms with van der Waals surface area (Å²) in [6, 6.07) is 2.87. The maximum absolute atomic E-state index is 12.7. The average molecular weight is 210 g/mol. The van der Waals surface area contributed by atoms with Crippen LogP contribution in [0.5, 0.6) is 0 Å². The van der Waals surface area contributed by atoms with Gasteiger partial charge in [0.15, 0.2) is 0 Å². The van der Waals surface area contributed by atoms with Gasteiger partial charge in [0, 0.05) is 25.6 Å². The molecule has 1 heterocycles. The molecule has 0 spiro atoms. The van der Waals surface area contributed by atoms with Crippen LogP contribution in [0.2, 0.25) is 0 Å². The molecule has 0 aromatic carbocycles. The predicted octanol–water partition coefficient (Wildman–Crippen LogP) is 2.50. The Hall–Kier alpha value is -0.620. The Morgan fingerprint density at radius 2 is 2.00 bits per heavy atom. The highest BCUT2D eigenvalue weighted by Crippen LogP contribution is 2.40. The van der Waals surface area contributed by atoms with Crippen LogP contribution in [0.4, 0.5) is 4.39 Å². The number of hydrogen-bond acceptors (Lipinski definition) is 2. The lowest BCUT2D eigenvalue weighted by Gasteiger charge is -2.45. The van der Waals surface area contributed by atoms with Crippen molar-refractivity contribution < 1.29 is 4.39 Å². The standard InChI is InChI=1S/C12H19FN2/c1-12(6-7-14)4-2-11(3-5-12)15-8-10(13)9-15/h10-11H,2-6,8-9H2,1H3. The summed E-state index contributed by atoms with van der Waals surface area (Å²) in [5, 5.41) is 8.74. The maximum Gasteiger partial charge on any atom is 0.125 e. The van der Waals surface area contributed by atoms with Gasteiger partial charge >= 0.3 is 0 Å². The van der Waals surface area contributed by atoms with Gasteiger partial charge < -0.3 is 0 Å². The van der Waals surface area contributed by atoms with E-state index in [2.05, 4.69) is 17.9 Å². The van der Waals surface area contributed by atoms with Crippen LogP contribution in [0.3, 0.4) is 0 Å². The first kappa shape index (κ1) is 10.9. The van der Waals surface area contributed by atoms with Gasteiger partial charge in [0.25, 0.3) is 0 Å². The Bertz CT molecular complexity index is 257. The molecule has 15 heavy (non-hydrogen) atoms. The molecule has 0 atom stereocenters. The Morgan fingerprint density at radius 1 is 1.40 bits per heavy atom. The van der Waals surface area contributed by atoms with E-state index in [1.807, 2.05) is 0 Å². The summed E-state index contributed by atoms with van der Waals surface area (Å²) in [6.07, 6.45) is 4.62. The van der Waals surface area contributed by atoms with Gasteiger partial charge in [-0.3, -0.25) is 4.90 Å². The van der Waals surface area contributed by atoms with Crippen LogP contribution in [0.25, 0.3) is 0 Å². The van der Waals surface area contributed by atoms with E-state index in [1.165, 1.54) is 0 Å². The summed E-state index contributed by atoms with van der Waals surface area (Å²) in [4.78, 5) is 2.26. The van der Waals surface area contributed by atoms with E-state index in [0.717, 1.165) is 25.7 Å². The topological polar surface area (TPSA) is 27.0 Å². The average Bonchev–Trinajstić information content (AvgIpc) is 2.15. The van der Waals surface area contributed by atoms with Crippen molar-refractivity contribution >= 4 is 0 Å². The summed E-state index contributed by atoms with van der Waals surface area (Å²) in [5.74, 6) is 0. The van der Waals surface area contributed by atoms with E-state index < -0.39 is 6.17 Å². The fourth-order valence-electron chi connectivity index (χ4n) is 2.79. The van der Waals surface area contributed by atoms with E-state index in [1.54, 1.807) is 0 Å². The molecule has 0 bridgehead atoms. The molecule has 1 saturated heterocycles. The molecule has 1 aliphatic carbocycles. The molecule has 0 radical (unpaired) electrons. The van der Waals surface area contributed by atoms with Gasteiger partial charge in [-0.1, -0.05) is 6.92 Å². The van der Waals surface area contributed by atoms with Gasteiger partial charge in [-0.25, -0.2) is 4.39 Å². The number of hydrogen-bond donors (Lipinski definition) is 0. The summed E-state index contributed by atoms with van der Waals surface area (Å²) < 4.78 is 12.7. The van der Waals surface area contributed by atoms with Gasteiger partial charge in [0.2, 0.25) is 0 Å². The van der Waals surface area contributed by atoms with Crippen molar-refractivity contribution in [1.29, 1.82) is 5.26 Å². The van der Waals surface area contributed by atoms with Crippen molar-refractivity contribution in [1.82, 2.24) is 4.90 Å². The Balaban J connectivity index is 1.80. The van der Waals surface area contributed by atoms with Crippen LogP contribution < -0.4 is 0 Å². The molecule has 0 amide bonds. The van der Waals surface area contributed by atoms with E-state index in [-0.39, 0.29) is 5.41 Å². The lowest BCUT2D eigenvalue weighted by atomic mass is 9.71. The van der Waals surface area contributed by atoms with Gasteiger partial charge in [0.05, 0.1) is 6.07 Å². The second-order valence-corrected chi connectivity index (χ2v) is 5.43.